The van der Waals surface area contributed by atoms with Gasteiger partial charge in [-0.05, 0) is 6.07 Å². The minimum atomic E-state index is -3.87. The van der Waals surface area contributed by atoms with Gasteiger partial charge in [-0.25, -0.2) is 22.0 Å². The molecule has 0 amide bonds. The van der Waals surface area contributed by atoms with Crippen molar-refractivity contribution in [3.63, 3.8) is 0 Å². The van der Waals surface area contributed by atoms with Crippen molar-refractivity contribution in [2.24, 2.45) is 0 Å². The molecular formula is C10H10ClF2NO4S. The number of carbonyl (C=O) groups is 1. The topological polar surface area (TPSA) is 72.5 Å². The average molecular weight is 314 g/mol. The molecule has 0 aliphatic heterocycles. The number of esters is 1. The fourth-order valence-corrected chi connectivity index (χ4v) is 2.62. The van der Waals surface area contributed by atoms with Gasteiger partial charge in [0.05, 0.1) is 24.1 Å². The number of carbonyl (C=O) groups excluding carboxylic acids is 1. The first-order valence-corrected chi connectivity index (χ1v) is 7.13. The maximum atomic E-state index is 13.4. The zero-order valence-electron chi connectivity index (χ0n) is 9.74. The molecule has 0 atom stereocenters. The Hall–Kier alpha value is -1.41. The van der Waals surface area contributed by atoms with Crippen LogP contribution in [0.2, 0.25) is 0 Å². The molecule has 9 heteroatoms. The number of nitrogens with one attached hydrogen (secondary N) is 1. The molecule has 0 saturated heterocycles. The standard InChI is InChI=1S/C10H10ClF2NO4S/c1-18-10(15)6-4-9(8(13)5-7(6)12)14-19(16,17)3-2-11/h4-5,14H,2-3H2,1H3. The van der Waals surface area contributed by atoms with E-state index in [4.69, 9.17) is 11.6 Å². The maximum Gasteiger partial charge on any atom is 0.340 e. The summed E-state index contributed by atoms with van der Waals surface area (Å²) in [6.45, 7) is 0. The summed E-state index contributed by atoms with van der Waals surface area (Å²) >= 11 is 5.27. The number of halogens is 3. The van der Waals surface area contributed by atoms with Crippen molar-refractivity contribution in [1.29, 1.82) is 0 Å². The summed E-state index contributed by atoms with van der Waals surface area (Å²) in [6, 6.07) is 1.12. The molecule has 0 aliphatic carbocycles. The van der Waals surface area contributed by atoms with E-state index in [0.717, 1.165) is 13.2 Å². The molecular weight excluding hydrogens is 304 g/mol. The highest BCUT2D eigenvalue weighted by Gasteiger charge is 2.19. The molecule has 0 saturated carbocycles. The molecule has 1 aromatic carbocycles. The van der Waals surface area contributed by atoms with Crippen LogP contribution in [0.25, 0.3) is 0 Å². The maximum absolute atomic E-state index is 13.4. The van der Waals surface area contributed by atoms with E-state index >= 15 is 0 Å². The highest BCUT2D eigenvalue weighted by molar-refractivity contribution is 7.92. The molecule has 19 heavy (non-hydrogen) atoms. The number of ether oxygens (including phenoxy) is 1. The summed E-state index contributed by atoms with van der Waals surface area (Å²) in [5.74, 6) is -3.98. The lowest BCUT2D eigenvalue weighted by Crippen LogP contribution is -2.19. The third-order valence-corrected chi connectivity index (χ3v) is 3.76. The van der Waals surface area contributed by atoms with Crippen LogP contribution in [0.15, 0.2) is 12.1 Å². The smallest absolute Gasteiger partial charge is 0.340 e. The fraction of sp³-hybridized carbons (Fsp3) is 0.300. The van der Waals surface area contributed by atoms with Crippen molar-refractivity contribution in [3.8, 4) is 0 Å². The Balaban J connectivity index is 3.19. The van der Waals surface area contributed by atoms with Gasteiger partial charge in [0.2, 0.25) is 10.0 Å². The Morgan fingerprint density at radius 2 is 2.00 bits per heavy atom. The van der Waals surface area contributed by atoms with E-state index in [0.29, 0.717) is 6.07 Å². The van der Waals surface area contributed by atoms with Crippen molar-refractivity contribution in [3.05, 3.63) is 29.3 Å². The third-order valence-electron chi connectivity index (χ3n) is 2.07. The number of anilines is 1. The van der Waals surface area contributed by atoms with Crippen LogP contribution in [0, 0.1) is 11.6 Å². The molecule has 106 valence electrons. The molecule has 0 heterocycles. The number of hydrogen-bond donors (Lipinski definition) is 1. The number of rotatable bonds is 5. The number of sulfonamides is 1. The van der Waals surface area contributed by atoms with E-state index < -0.39 is 44.6 Å². The van der Waals surface area contributed by atoms with Crippen molar-refractivity contribution in [1.82, 2.24) is 0 Å². The lowest BCUT2D eigenvalue weighted by molar-refractivity contribution is 0.0595. The van der Waals surface area contributed by atoms with Gasteiger partial charge in [-0.1, -0.05) is 0 Å². The van der Waals surface area contributed by atoms with Crippen molar-refractivity contribution in [2.45, 2.75) is 0 Å². The summed E-state index contributed by atoms with van der Waals surface area (Å²) in [5, 5.41) is 0. The largest absolute Gasteiger partial charge is 0.465 e. The molecule has 0 aromatic heterocycles. The molecule has 0 spiro atoms. The third kappa shape index (κ3) is 4.03. The van der Waals surface area contributed by atoms with Crippen molar-refractivity contribution >= 4 is 33.3 Å². The van der Waals surface area contributed by atoms with E-state index in [9.17, 15) is 22.0 Å². The van der Waals surface area contributed by atoms with Gasteiger partial charge >= 0.3 is 5.97 Å². The van der Waals surface area contributed by atoms with Crippen molar-refractivity contribution in [2.75, 3.05) is 23.5 Å². The van der Waals surface area contributed by atoms with Crippen LogP contribution in [0.5, 0.6) is 0 Å². The van der Waals surface area contributed by atoms with Crippen LogP contribution >= 0.6 is 11.6 Å². The first-order chi connectivity index (χ1) is 8.80. The van der Waals surface area contributed by atoms with E-state index in [1.165, 1.54) is 0 Å². The summed E-state index contributed by atoms with van der Waals surface area (Å²) in [6.07, 6.45) is 0. The predicted molar refractivity (Wildman–Crippen MR) is 65.8 cm³/mol. The minimum absolute atomic E-state index is 0.192. The molecule has 0 unspecified atom stereocenters. The van der Waals surface area contributed by atoms with Crippen LogP contribution in [-0.4, -0.2) is 33.1 Å². The molecule has 0 fully saturated rings. The van der Waals surface area contributed by atoms with Crippen LogP contribution in [0.3, 0.4) is 0 Å². The van der Waals surface area contributed by atoms with E-state index in [2.05, 4.69) is 4.74 Å². The molecule has 5 nitrogen and oxygen atoms in total. The van der Waals surface area contributed by atoms with E-state index in [1.807, 2.05) is 4.72 Å². The lowest BCUT2D eigenvalue weighted by atomic mass is 10.2. The van der Waals surface area contributed by atoms with E-state index in [1.54, 1.807) is 0 Å². The van der Waals surface area contributed by atoms with Gasteiger partial charge in [0.25, 0.3) is 0 Å². The quantitative estimate of drug-likeness (QED) is 0.664. The molecule has 0 bridgehead atoms. The Morgan fingerprint density at radius 1 is 1.37 bits per heavy atom. The summed E-state index contributed by atoms with van der Waals surface area (Å²) in [7, 11) is -2.85. The molecule has 1 rings (SSSR count). The summed E-state index contributed by atoms with van der Waals surface area (Å²) in [4.78, 5) is 11.2. The minimum Gasteiger partial charge on any atom is -0.465 e. The van der Waals surface area contributed by atoms with Gasteiger partial charge < -0.3 is 4.74 Å². The van der Waals surface area contributed by atoms with E-state index in [-0.39, 0.29) is 5.88 Å². The van der Waals surface area contributed by atoms with Gasteiger partial charge in [-0.2, -0.15) is 0 Å². The Bertz CT molecular complexity index is 591. The number of hydrogen-bond acceptors (Lipinski definition) is 4. The second-order valence-corrected chi connectivity index (χ2v) is 5.63. The number of alkyl halides is 1. The van der Waals surface area contributed by atoms with Crippen LogP contribution in [0.4, 0.5) is 14.5 Å². The first kappa shape index (κ1) is 15.6. The first-order valence-electron chi connectivity index (χ1n) is 4.94. The zero-order chi connectivity index (χ0) is 14.6. The van der Waals surface area contributed by atoms with Crippen molar-refractivity contribution < 1.29 is 26.7 Å². The fourth-order valence-electron chi connectivity index (χ4n) is 1.21. The van der Waals surface area contributed by atoms with Crippen LogP contribution < -0.4 is 4.72 Å². The Kier molecular flexibility index (Phi) is 5.07. The normalized spacial score (nSPS) is 11.2. The average Bonchev–Trinajstić information content (AvgIpc) is 2.31. The van der Waals surface area contributed by atoms with Gasteiger partial charge in [0.1, 0.15) is 11.6 Å². The monoisotopic (exact) mass is 313 g/mol. The SMILES string of the molecule is COC(=O)c1cc(NS(=O)(=O)CCCl)c(F)cc1F. The van der Waals surface area contributed by atoms with Gasteiger partial charge in [0, 0.05) is 11.9 Å². The molecule has 0 aliphatic rings. The zero-order valence-corrected chi connectivity index (χ0v) is 11.3. The Morgan fingerprint density at radius 3 is 2.53 bits per heavy atom. The summed E-state index contributed by atoms with van der Waals surface area (Å²) < 4.78 is 55.7. The predicted octanol–water partition coefficient (Wildman–Crippen LogP) is 1.73. The van der Waals surface area contributed by atoms with Crippen LogP contribution in [0.1, 0.15) is 10.4 Å². The number of benzene rings is 1. The second kappa shape index (κ2) is 6.16. The van der Waals surface area contributed by atoms with Gasteiger partial charge in [-0.15, -0.1) is 11.6 Å². The molecule has 1 N–H and O–H groups in total. The molecule has 0 radical (unpaired) electrons. The highest BCUT2D eigenvalue weighted by Crippen LogP contribution is 2.21. The second-order valence-electron chi connectivity index (χ2n) is 3.41. The van der Waals surface area contributed by atoms with Gasteiger partial charge in [0.15, 0.2) is 0 Å². The Labute approximate surface area is 113 Å². The highest BCUT2D eigenvalue weighted by atomic mass is 35.5. The lowest BCUT2D eigenvalue weighted by Gasteiger charge is -2.09. The van der Waals surface area contributed by atoms with Gasteiger partial charge in [-0.3, -0.25) is 4.72 Å². The summed E-state index contributed by atoms with van der Waals surface area (Å²) in [5.41, 5.74) is -1.13. The molecule has 1 aromatic rings. The van der Waals surface area contributed by atoms with Crippen LogP contribution in [-0.2, 0) is 14.8 Å². The number of methoxy groups -OCH3 is 1.